The number of hydrogen-bond acceptors (Lipinski definition) is 9. The molecular formula is C34H35F4N9O2. The number of amides is 1. The fourth-order valence-electron chi connectivity index (χ4n) is 6.24. The van der Waals surface area contributed by atoms with Crippen LogP contribution in [0.25, 0.3) is 22.4 Å². The minimum Gasteiger partial charge on any atom is -0.491 e. The van der Waals surface area contributed by atoms with Crippen LogP contribution in [0, 0.1) is 11.6 Å². The van der Waals surface area contributed by atoms with Crippen molar-refractivity contribution in [2.75, 3.05) is 30.4 Å². The number of anilines is 2. The number of ether oxygens (including phenoxy) is 1. The van der Waals surface area contributed by atoms with Gasteiger partial charge < -0.3 is 31.0 Å². The second-order valence-electron chi connectivity index (χ2n) is 12.2. The normalized spacial score (nSPS) is 17.0. The maximum atomic E-state index is 14.7. The maximum Gasteiger partial charge on any atom is 0.242 e. The van der Waals surface area contributed by atoms with Crippen molar-refractivity contribution in [3.63, 3.8) is 0 Å². The zero-order valence-electron chi connectivity index (χ0n) is 26.6. The monoisotopic (exact) mass is 677 g/mol. The minimum atomic E-state index is -2.57. The van der Waals surface area contributed by atoms with Gasteiger partial charge in [0.2, 0.25) is 12.3 Å². The first-order chi connectivity index (χ1) is 23.5. The zero-order valence-corrected chi connectivity index (χ0v) is 26.6. The number of carbonyl (C=O) groups excluding carboxylic acids is 1. The summed E-state index contributed by atoms with van der Waals surface area (Å²) in [6, 6.07) is 12.5. The number of alkyl halides is 2. The first-order valence-corrected chi connectivity index (χ1v) is 15.6. The highest BCUT2D eigenvalue weighted by Gasteiger charge is 2.35. The summed E-state index contributed by atoms with van der Waals surface area (Å²) in [5.41, 5.74) is 14.8. The van der Waals surface area contributed by atoms with Gasteiger partial charge in [-0.05, 0) is 48.6 Å². The molecular weight excluding hydrogens is 642 g/mol. The van der Waals surface area contributed by atoms with E-state index in [0.717, 1.165) is 17.7 Å². The molecule has 15 heteroatoms. The largest absolute Gasteiger partial charge is 0.491 e. The molecule has 0 unspecified atom stereocenters. The lowest BCUT2D eigenvalue weighted by atomic mass is 9.86. The number of imidazole rings is 1. The van der Waals surface area contributed by atoms with Gasteiger partial charge in [-0.25, -0.2) is 32.5 Å². The summed E-state index contributed by atoms with van der Waals surface area (Å²) in [7, 11) is 1.17. The number of aromatic nitrogens is 5. The number of carbonyl (C=O) groups is 1. The quantitative estimate of drug-likeness (QED) is 0.169. The summed E-state index contributed by atoms with van der Waals surface area (Å²) in [5, 5.41) is 2.75. The van der Waals surface area contributed by atoms with E-state index in [-0.39, 0.29) is 30.2 Å². The predicted molar refractivity (Wildman–Crippen MR) is 176 cm³/mol. The number of benzene rings is 2. The van der Waals surface area contributed by atoms with Crippen molar-refractivity contribution < 1.29 is 27.1 Å². The van der Waals surface area contributed by atoms with Crippen LogP contribution >= 0.6 is 0 Å². The smallest absolute Gasteiger partial charge is 0.242 e. The van der Waals surface area contributed by atoms with Gasteiger partial charge in [0.1, 0.15) is 6.33 Å². The second-order valence-corrected chi connectivity index (χ2v) is 12.2. The highest BCUT2D eigenvalue weighted by molar-refractivity contribution is 5.99. The van der Waals surface area contributed by atoms with Crippen molar-refractivity contribution in [3.8, 4) is 17.0 Å². The van der Waals surface area contributed by atoms with E-state index in [4.69, 9.17) is 16.2 Å². The summed E-state index contributed by atoms with van der Waals surface area (Å²) < 4.78 is 62.8. The van der Waals surface area contributed by atoms with Gasteiger partial charge in [-0.1, -0.05) is 30.3 Å². The SMILES string of the molecule is COc1c(F)cc(-c2cc(Cn3cnc4c(NC(=O)[C@H](N)Cc5ccccc5)ncnc43)c(N3CCC[C@](N)(CC(F)F)C3)cn2)cc1F. The van der Waals surface area contributed by atoms with E-state index < -0.39 is 47.7 Å². The third-order valence-electron chi connectivity index (χ3n) is 8.59. The van der Waals surface area contributed by atoms with Gasteiger partial charge in [0.15, 0.2) is 34.4 Å². The third-order valence-corrected chi connectivity index (χ3v) is 8.59. The van der Waals surface area contributed by atoms with Crippen molar-refractivity contribution in [3.05, 3.63) is 90.1 Å². The van der Waals surface area contributed by atoms with Crippen molar-refractivity contribution in [2.24, 2.45) is 11.5 Å². The molecule has 0 aliphatic carbocycles. The molecule has 1 amide bonds. The number of hydrogen-bond donors (Lipinski definition) is 3. The number of nitrogens with zero attached hydrogens (tertiary/aromatic N) is 6. The standard InChI is InChI=1S/C34H35F4N9O2/c1-49-30-23(35)11-21(12-24(30)36)26-13-22(27(15-41-26)46-9-5-8-34(40,17-46)14-28(37)38)16-47-19-44-29-31(42-18-43-32(29)47)45-33(48)25(39)10-20-6-3-2-4-7-20/h2-4,6-7,11-13,15,18-19,25,28H,5,8-10,14,16-17,39-40H2,1H3,(H,42,43,45,48)/t25-,34+/m1/s1. The molecule has 2 aromatic carbocycles. The Kier molecular flexibility index (Phi) is 9.74. The van der Waals surface area contributed by atoms with Gasteiger partial charge in [-0.2, -0.15) is 0 Å². The molecule has 1 aliphatic rings. The Morgan fingerprint density at radius 3 is 2.55 bits per heavy atom. The van der Waals surface area contributed by atoms with Crippen LogP contribution in [0.3, 0.4) is 0 Å². The highest BCUT2D eigenvalue weighted by atomic mass is 19.3. The lowest BCUT2D eigenvalue weighted by Gasteiger charge is -2.42. The van der Waals surface area contributed by atoms with Crippen molar-refractivity contribution >= 4 is 28.6 Å². The van der Waals surface area contributed by atoms with Crippen LogP contribution in [0.4, 0.5) is 29.1 Å². The van der Waals surface area contributed by atoms with Crippen LogP contribution in [0.15, 0.2) is 67.4 Å². The molecule has 0 saturated carbocycles. The van der Waals surface area contributed by atoms with E-state index in [0.29, 0.717) is 48.2 Å². The fourth-order valence-corrected chi connectivity index (χ4v) is 6.24. The average Bonchev–Trinajstić information content (AvgIpc) is 3.48. The number of nitrogens with two attached hydrogens (primary N) is 2. The van der Waals surface area contributed by atoms with Crippen LogP contribution in [-0.4, -0.2) is 68.6 Å². The van der Waals surface area contributed by atoms with Gasteiger partial charge >= 0.3 is 0 Å². The van der Waals surface area contributed by atoms with E-state index in [1.165, 1.54) is 19.8 Å². The molecule has 3 aromatic heterocycles. The van der Waals surface area contributed by atoms with Gasteiger partial charge in [-0.3, -0.25) is 9.78 Å². The van der Waals surface area contributed by atoms with E-state index in [2.05, 4.69) is 25.3 Å². The highest BCUT2D eigenvalue weighted by Crippen LogP contribution is 2.34. The molecule has 4 heterocycles. The lowest BCUT2D eigenvalue weighted by molar-refractivity contribution is -0.117. The number of nitrogens with one attached hydrogen (secondary N) is 1. The number of methoxy groups -OCH3 is 1. The molecule has 256 valence electrons. The molecule has 2 atom stereocenters. The molecule has 0 spiro atoms. The molecule has 0 bridgehead atoms. The average molecular weight is 678 g/mol. The minimum absolute atomic E-state index is 0.142. The summed E-state index contributed by atoms with van der Waals surface area (Å²) in [5.74, 6) is -2.57. The van der Waals surface area contributed by atoms with Gasteiger partial charge in [0.05, 0.1) is 43.6 Å². The molecule has 5 N–H and O–H groups in total. The summed E-state index contributed by atoms with van der Waals surface area (Å²) in [6.45, 7) is 0.834. The Hall–Kier alpha value is -5.15. The van der Waals surface area contributed by atoms with Crippen LogP contribution < -0.4 is 26.4 Å². The van der Waals surface area contributed by atoms with Crippen LogP contribution in [-0.2, 0) is 17.8 Å². The van der Waals surface area contributed by atoms with Crippen molar-refractivity contribution in [1.82, 2.24) is 24.5 Å². The van der Waals surface area contributed by atoms with Crippen LogP contribution in [0.2, 0.25) is 0 Å². The second kappa shape index (κ2) is 14.1. The lowest BCUT2D eigenvalue weighted by Crippen LogP contribution is -2.55. The molecule has 0 radical (unpaired) electrons. The molecule has 5 aromatic rings. The summed E-state index contributed by atoms with van der Waals surface area (Å²) in [6.07, 6.45) is 2.68. The number of rotatable bonds is 11. The van der Waals surface area contributed by atoms with E-state index in [1.54, 1.807) is 16.8 Å². The Morgan fingerprint density at radius 2 is 1.84 bits per heavy atom. The van der Waals surface area contributed by atoms with Crippen LogP contribution in [0.1, 0.15) is 30.4 Å². The predicted octanol–water partition coefficient (Wildman–Crippen LogP) is 4.68. The van der Waals surface area contributed by atoms with Gasteiger partial charge in [-0.15, -0.1) is 0 Å². The molecule has 1 fully saturated rings. The number of fused-ring (bicyclic) bond motifs is 1. The Bertz CT molecular complexity index is 1940. The van der Waals surface area contributed by atoms with E-state index >= 15 is 0 Å². The van der Waals surface area contributed by atoms with Crippen molar-refractivity contribution in [2.45, 2.75) is 50.2 Å². The van der Waals surface area contributed by atoms with Gasteiger partial charge in [0, 0.05) is 30.6 Å². The number of piperidine rings is 1. The zero-order chi connectivity index (χ0) is 34.7. The third kappa shape index (κ3) is 7.47. The Balaban J connectivity index is 1.33. The molecule has 6 rings (SSSR count). The Labute approximate surface area is 279 Å². The Morgan fingerprint density at radius 1 is 1.08 bits per heavy atom. The maximum absolute atomic E-state index is 14.7. The number of halogens is 4. The first-order valence-electron chi connectivity index (χ1n) is 15.6. The van der Waals surface area contributed by atoms with E-state index in [9.17, 15) is 22.4 Å². The first kappa shape index (κ1) is 33.7. The topological polar surface area (TPSA) is 150 Å². The summed E-state index contributed by atoms with van der Waals surface area (Å²) >= 11 is 0. The van der Waals surface area contributed by atoms with E-state index in [1.807, 2.05) is 35.2 Å². The molecule has 11 nitrogen and oxygen atoms in total. The number of pyridine rings is 1. The summed E-state index contributed by atoms with van der Waals surface area (Å²) in [4.78, 5) is 32.5. The van der Waals surface area contributed by atoms with Gasteiger partial charge in [0.25, 0.3) is 0 Å². The molecule has 1 saturated heterocycles. The van der Waals surface area contributed by atoms with Crippen molar-refractivity contribution in [1.29, 1.82) is 0 Å². The molecule has 49 heavy (non-hydrogen) atoms. The molecule has 1 aliphatic heterocycles. The fraction of sp³-hybridized carbons (Fsp3) is 0.324. The van der Waals surface area contributed by atoms with Crippen LogP contribution in [0.5, 0.6) is 5.75 Å².